The van der Waals surface area contributed by atoms with E-state index in [0.29, 0.717) is 18.6 Å². The largest absolute Gasteiger partial charge is 0.413 e. The first-order chi connectivity index (χ1) is 16.6. The minimum Gasteiger partial charge on any atom is -0.413 e. The van der Waals surface area contributed by atoms with Gasteiger partial charge >= 0.3 is 0 Å². The number of rotatable bonds is 11. The zero-order valence-electron chi connectivity index (χ0n) is 26.9. The summed E-state index contributed by atoms with van der Waals surface area (Å²) < 4.78 is 13.8. The molecule has 0 bridgehead atoms. The Morgan fingerprint density at radius 2 is 1.51 bits per heavy atom. The second-order valence-corrected chi connectivity index (χ2v) is 29.6. The lowest BCUT2D eigenvalue weighted by Crippen LogP contribution is -2.45. The van der Waals surface area contributed by atoms with Gasteiger partial charge in [0.15, 0.2) is 16.6 Å². The maximum absolute atomic E-state index is 13.3. The van der Waals surface area contributed by atoms with Gasteiger partial charge < -0.3 is 8.85 Å². The fraction of sp³-hybridized carbons (Fsp3) is 0.839. The lowest BCUT2D eigenvalue weighted by Gasteiger charge is -2.40. The zero-order chi connectivity index (χ0) is 28.9. The molecular weight excluding hydrogens is 505 g/mol. The highest BCUT2D eigenvalue weighted by atomic mass is 28.4. The van der Waals surface area contributed by atoms with E-state index in [2.05, 4.69) is 118 Å². The van der Waals surface area contributed by atoms with E-state index in [0.717, 1.165) is 6.42 Å². The summed E-state index contributed by atoms with van der Waals surface area (Å²) in [7, 11) is -5.42. The van der Waals surface area contributed by atoms with Gasteiger partial charge in [-0.2, -0.15) is 0 Å². The molecule has 0 amide bonds. The smallest absolute Gasteiger partial charge is 0.192 e. The number of carbonyl (C=O) groups is 1. The highest BCUT2D eigenvalue weighted by molar-refractivity contribution is 6.83. The van der Waals surface area contributed by atoms with Crippen LogP contribution in [-0.4, -0.2) is 42.7 Å². The number of unbranched alkanes of at least 4 members (excludes halogenated alkanes) is 2. The van der Waals surface area contributed by atoms with Crippen LogP contribution in [0, 0.1) is 23.3 Å². The molecule has 0 spiro atoms. The van der Waals surface area contributed by atoms with Crippen LogP contribution in [0.1, 0.15) is 87.0 Å². The lowest BCUT2D eigenvalue weighted by atomic mass is 9.90. The molecule has 0 heterocycles. The van der Waals surface area contributed by atoms with Gasteiger partial charge in [0.1, 0.15) is 13.9 Å². The molecule has 0 saturated heterocycles. The summed E-state index contributed by atoms with van der Waals surface area (Å²) in [6, 6.07) is 0. The van der Waals surface area contributed by atoms with Gasteiger partial charge in [-0.05, 0) is 42.7 Å². The predicted octanol–water partition coefficient (Wildman–Crippen LogP) is 9.38. The SMILES string of the molecule is CCCCC[C@@H](C=C[C@H]1[C@H](O[Si](C)(C)C(C)(C)C)CC(=O)[C@@H]1CC#C[Si](C)(C)C)O[Si](C)(C)C(C)(C)C. The number of hydrogen-bond acceptors (Lipinski definition) is 3. The van der Waals surface area contributed by atoms with Gasteiger partial charge in [-0.1, -0.05) is 99.5 Å². The van der Waals surface area contributed by atoms with Crippen LogP contribution < -0.4 is 0 Å². The van der Waals surface area contributed by atoms with E-state index in [1.165, 1.54) is 19.3 Å². The van der Waals surface area contributed by atoms with Gasteiger partial charge in [0, 0.05) is 24.7 Å². The fourth-order valence-corrected chi connectivity index (χ4v) is 7.46. The third-order valence-electron chi connectivity index (χ3n) is 8.64. The Hall–Kier alpha value is -0.459. The van der Waals surface area contributed by atoms with Crippen LogP contribution in [-0.2, 0) is 13.6 Å². The lowest BCUT2D eigenvalue weighted by molar-refractivity contribution is -0.121. The molecule has 1 saturated carbocycles. The summed E-state index contributed by atoms with van der Waals surface area (Å²) in [5.74, 6) is 3.71. The number of carbonyl (C=O) groups excluding carboxylic acids is 1. The van der Waals surface area contributed by atoms with E-state index in [4.69, 9.17) is 8.85 Å². The average molecular weight is 565 g/mol. The number of hydrogen-bond donors (Lipinski definition) is 0. The summed E-state index contributed by atoms with van der Waals surface area (Å²) in [6.07, 6.45) is 10.4. The fourth-order valence-electron chi connectivity index (χ4n) is 4.17. The quantitative estimate of drug-likeness (QED) is 0.108. The van der Waals surface area contributed by atoms with E-state index in [-0.39, 0.29) is 34.1 Å². The van der Waals surface area contributed by atoms with Crippen molar-refractivity contribution in [2.75, 3.05) is 0 Å². The molecule has 0 aromatic heterocycles. The van der Waals surface area contributed by atoms with Crippen molar-refractivity contribution in [1.29, 1.82) is 0 Å². The van der Waals surface area contributed by atoms with E-state index in [9.17, 15) is 4.79 Å². The van der Waals surface area contributed by atoms with E-state index in [1.807, 2.05) is 0 Å². The maximum Gasteiger partial charge on any atom is 0.192 e. The van der Waals surface area contributed by atoms with Crippen LogP contribution in [0.25, 0.3) is 0 Å². The zero-order valence-corrected chi connectivity index (χ0v) is 29.9. The molecule has 1 aliphatic rings. The second kappa shape index (κ2) is 13.3. The van der Waals surface area contributed by atoms with Crippen molar-refractivity contribution in [2.24, 2.45) is 11.8 Å². The van der Waals surface area contributed by atoms with Crippen LogP contribution in [0.2, 0.25) is 55.9 Å². The van der Waals surface area contributed by atoms with Crippen molar-refractivity contribution in [3.05, 3.63) is 12.2 Å². The molecular formula is C31H60O3Si3. The monoisotopic (exact) mass is 564 g/mol. The third kappa shape index (κ3) is 10.9. The van der Waals surface area contributed by atoms with Crippen LogP contribution in [0.15, 0.2) is 12.2 Å². The van der Waals surface area contributed by atoms with Crippen molar-refractivity contribution in [3.8, 4) is 11.5 Å². The Morgan fingerprint density at radius 3 is 2.00 bits per heavy atom. The van der Waals surface area contributed by atoms with Gasteiger partial charge in [0.25, 0.3) is 0 Å². The molecule has 37 heavy (non-hydrogen) atoms. The minimum atomic E-state index is -2.02. The van der Waals surface area contributed by atoms with Gasteiger partial charge in [-0.25, -0.2) is 0 Å². The highest BCUT2D eigenvalue weighted by Gasteiger charge is 2.47. The van der Waals surface area contributed by atoms with Gasteiger partial charge in [-0.3, -0.25) is 4.79 Å². The molecule has 4 atom stereocenters. The topological polar surface area (TPSA) is 35.5 Å². The Kier molecular flexibility index (Phi) is 12.4. The molecule has 0 N–H and O–H groups in total. The minimum absolute atomic E-state index is 0.0625. The van der Waals surface area contributed by atoms with Crippen molar-refractivity contribution < 1.29 is 13.6 Å². The van der Waals surface area contributed by atoms with Gasteiger partial charge in [0.2, 0.25) is 0 Å². The standard InChI is InChI=1S/C31H60O3Si3/c1-15-16-17-19-25(33-36(11,12)30(2,3)4)21-22-27-26(20-18-23-35(8,9)10)28(32)24-29(27)34-37(13,14)31(5,6)7/h21-22,25-27,29H,15-17,19-20,24H2,1-14H3/t25-,26+,27+,29+/m0/s1. The molecule has 0 aromatic rings. The van der Waals surface area contributed by atoms with Gasteiger partial charge in [0.05, 0.1) is 12.2 Å². The van der Waals surface area contributed by atoms with E-state index < -0.39 is 24.7 Å². The highest BCUT2D eigenvalue weighted by Crippen LogP contribution is 2.43. The van der Waals surface area contributed by atoms with Crippen LogP contribution in [0.5, 0.6) is 0 Å². The van der Waals surface area contributed by atoms with E-state index >= 15 is 0 Å². The molecule has 0 aliphatic heterocycles. The molecule has 3 nitrogen and oxygen atoms in total. The van der Waals surface area contributed by atoms with Gasteiger partial charge in [-0.15, -0.1) is 11.5 Å². The summed E-state index contributed by atoms with van der Waals surface area (Å²) in [4.78, 5) is 13.3. The Morgan fingerprint density at radius 1 is 0.946 bits per heavy atom. The molecule has 0 aromatic carbocycles. The molecule has 214 valence electrons. The average Bonchev–Trinajstić information content (AvgIpc) is 2.97. The van der Waals surface area contributed by atoms with Crippen LogP contribution in [0.3, 0.4) is 0 Å². The first kappa shape index (κ1) is 34.6. The molecule has 1 rings (SSSR count). The molecule has 6 heteroatoms. The molecule has 1 aliphatic carbocycles. The second-order valence-electron chi connectivity index (χ2n) is 15.3. The van der Waals surface area contributed by atoms with Crippen molar-refractivity contribution >= 4 is 30.5 Å². The first-order valence-electron chi connectivity index (χ1n) is 14.7. The van der Waals surface area contributed by atoms with Crippen LogP contribution >= 0.6 is 0 Å². The van der Waals surface area contributed by atoms with Crippen molar-refractivity contribution in [2.45, 2.75) is 155 Å². The summed E-state index contributed by atoms with van der Waals surface area (Å²) in [5, 5.41) is 0.268. The first-order valence-corrected chi connectivity index (χ1v) is 24.0. The van der Waals surface area contributed by atoms with E-state index in [1.54, 1.807) is 0 Å². The Labute approximate surface area is 234 Å². The molecule has 0 radical (unpaired) electrons. The number of Topliss-reactive ketones (excluding diaryl/α,β-unsaturated/α-hetero) is 1. The Balaban J connectivity index is 3.35. The number of ketones is 1. The van der Waals surface area contributed by atoms with Crippen LogP contribution in [0.4, 0.5) is 0 Å². The summed E-state index contributed by atoms with van der Waals surface area (Å²) >= 11 is 0. The normalized spacial score (nSPS) is 22.9. The molecule has 0 unspecified atom stereocenters. The third-order valence-corrected chi connectivity index (χ3v) is 18.6. The predicted molar refractivity (Wildman–Crippen MR) is 170 cm³/mol. The Bertz CT molecular complexity index is 829. The summed E-state index contributed by atoms with van der Waals surface area (Å²) in [6.45, 7) is 32.0. The van der Waals surface area contributed by atoms with Crippen molar-refractivity contribution in [1.82, 2.24) is 0 Å². The molecule has 1 fully saturated rings. The maximum atomic E-state index is 13.3. The van der Waals surface area contributed by atoms with Crippen molar-refractivity contribution in [3.63, 3.8) is 0 Å². The summed E-state index contributed by atoms with van der Waals surface area (Å²) in [5.41, 5.74) is 3.49.